The summed E-state index contributed by atoms with van der Waals surface area (Å²) in [5, 5.41) is 15.8. The van der Waals surface area contributed by atoms with Gasteiger partial charge in [-0.1, -0.05) is 25.2 Å². The van der Waals surface area contributed by atoms with Gasteiger partial charge in [-0.05, 0) is 17.3 Å². The van der Waals surface area contributed by atoms with E-state index in [9.17, 15) is 14.9 Å². The Morgan fingerprint density at radius 2 is 2.33 bits per heavy atom. The van der Waals surface area contributed by atoms with Gasteiger partial charge in [-0.3, -0.25) is 0 Å². The summed E-state index contributed by atoms with van der Waals surface area (Å²) in [6.45, 7) is 3.91. The van der Waals surface area contributed by atoms with Crippen molar-refractivity contribution < 1.29 is 14.5 Å². The highest BCUT2D eigenvalue weighted by Gasteiger charge is 2.28. The van der Waals surface area contributed by atoms with Gasteiger partial charge in [0.25, 0.3) is 4.96 Å². The third-order valence-electron chi connectivity index (χ3n) is 2.91. The van der Waals surface area contributed by atoms with Crippen LogP contribution in [0.3, 0.4) is 0 Å². The number of carbonyl (C=O) groups is 1. The monoisotopic (exact) mass is 312 g/mol. The number of hydrogen-bond acceptors (Lipinski definition) is 7. The van der Waals surface area contributed by atoms with Gasteiger partial charge in [0.2, 0.25) is 5.82 Å². The number of nitro groups is 1. The van der Waals surface area contributed by atoms with Crippen molar-refractivity contribution in [1.29, 1.82) is 0 Å². The molecule has 114 valence electrons. The van der Waals surface area contributed by atoms with Crippen LogP contribution in [0.1, 0.15) is 20.3 Å². The van der Waals surface area contributed by atoms with E-state index in [1.165, 1.54) is 22.8 Å². The number of fused-ring (bicyclic) bond motifs is 1. The van der Waals surface area contributed by atoms with E-state index in [-0.39, 0.29) is 17.6 Å². The molecule has 0 spiro atoms. The predicted molar refractivity (Wildman–Crippen MR) is 78.6 cm³/mol. The van der Waals surface area contributed by atoms with Crippen molar-refractivity contribution in [1.82, 2.24) is 9.38 Å². The zero-order chi connectivity index (χ0) is 15.6. The summed E-state index contributed by atoms with van der Waals surface area (Å²) < 4.78 is 6.12. The lowest BCUT2D eigenvalue weighted by Gasteiger charge is -2.17. The van der Waals surface area contributed by atoms with E-state index in [0.29, 0.717) is 11.4 Å². The maximum absolute atomic E-state index is 11.8. The van der Waals surface area contributed by atoms with Crippen LogP contribution in [0.25, 0.3) is 4.96 Å². The first kappa shape index (κ1) is 15.2. The Morgan fingerprint density at radius 3 is 2.90 bits per heavy atom. The number of nitrogens with one attached hydrogen (secondary N) is 1. The first-order valence-electron chi connectivity index (χ1n) is 6.38. The fraction of sp³-hybridized carbons (Fsp3) is 0.500. The number of anilines is 1. The van der Waals surface area contributed by atoms with E-state index < -0.39 is 16.9 Å². The van der Waals surface area contributed by atoms with Gasteiger partial charge in [-0.2, -0.15) is 9.38 Å². The molecule has 8 nitrogen and oxygen atoms in total. The third-order valence-corrected chi connectivity index (χ3v) is 3.67. The van der Waals surface area contributed by atoms with E-state index in [2.05, 4.69) is 10.3 Å². The van der Waals surface area contributed by atoms with Crippen molar-refractivity contribution in [3.05, 3.63) is 21.7 Å². The van der Waals surface area contributed by atoms with Crippen LogP contribution in [0, 0.1) is 16.0 Å². The average Bonchev–Trinajstić information content (AvgIpc) is 2.95. The SMILES string of the molecule is COC(=O)C(CC(C)C)Nc1nc2sccn2c1[N+](=O)[O-]. The van der Waals surface area contributed by atoms with Gasteiger partial charge in [0.15, 0.2) is 0 Å². The standard InChI is InChI=1S/C12H16N4O4S/c1-7(2)6-8(11(17)20-3)13-9-10(16(18)19)15-4-5-21-12(15)14-9/h4-5,7-8,13H,6H2,1-3H3. The quantitative estimate of drug-likeness (QED) is 0.499. The van der Waals surface area contributed by atoms with Gasteiger partial charge >= 0.3 is 11.8 Å². The molecule has 0 saturated heterocycles. The van der Waals surface area contributed by atoms with Crippen molar-refractivity contribution in [3.8, 4) is 0 Å². The van der Waals surface area contributed by atoms with Crippen molar-refractivity contribution in [2.75, 3.05) is 12.4 Å². The maximum Gasteiger partial charge on any atom is 0.372 e. The number of ether oxygens (including phenoxy) is 1. The Labute approximate surface area is 124 Å². The Morgan fingerprint density at radius 1 is 1.62 bits per heavy atom. The number of rotatable bonds is 6. The summed E-state index contributed by atoms with van der Waals surface area (Å²) in [5.74, 6) is -0.328. The molecule has 1 N–H and O–H groups in total. The number of hydrogen-bond donors (Lipinski definition) is 1. The van der Waals surface area contributed by atoms with Gasteiger partial charge in [-0.25, -0.2) is 4.79 Å². The van der Waals surface area contributed by atoms with E-state index in [1.54, 1.807) is 11.6 Å². The van der Waals surface area contributed by atoms with Gasteiger partial charge in [0, 0.05) is 5.38 Å². The molecule has 2 aromatic rings. The molecule has 2 rings (SSSR count). The van der Waals surface area contributed by atoms with Crippen molar-refractivity contribution in [2.45, 2.75) is 26.3 Å². The summed E-state index contributed by atoms with van der Waals surface area (Å²) >= 11 is 1.29. The topological polar surface area (TPSA) is 98.8 Å². The highest BCUT2D eigenvalue weighted by atomic mass is 32.1. The fourth-order valence-electron chi connectivity index (χ4n) is 2.04. The minimum Gasteiger partial charge on any atom is -0.467 e. The molecule has 0 aliphatic rings. The number of thiazole rings is 1. The van der Waals surface area contributed by atoms with Crippen LogP contribution in [0.15, 0.2) is 11.6 Å². The summed E-state index contributed by atoms with van der Waals surface area (Å²) in [7, 11) is 1.29. The second-order valence-corrected chi connectivity index (χ2v) is 5.82. The molecule has 9 heteroatoms. The maximum atomic E-state index is 11.8. The molecule has 0 aliphatic carbocycles. The lowest BCUT2D eigenvalue weighted by atomic mass is 10.0. The minimum atomic E-state index is -0.668. The Bertz CT molecular complexity index is 663. The number of methoxy groups -OCH3 is 1. The van der Waals surface area contributed by atoms with Gasteiger partial charge in [0.1, 0.15) is 12.2 Å². The number of aromatic nitrogens is 2. The zero-order valence-electron chi connectivity index (χ0n) is 11.9. The molecule has 21 heavy (non-hydrogen) atoms. The molecular weight excluding hydrogens is 296 g/mol. The average molecular weight is 312 g/mol. The molecule has 0 aliphatic heterocycles. The highest BCUT2D eigenvalue weighted by molar-refractivity contribution is 7.15. The molecule has 2 heterocycles. The van der Waals surface area contributed by atoms with Crippen LogP contribution in [0.5, 0.6) is 0 Å². The van der Waals surface area contributed by atoms with E-state index in [4.69, 9.17) is 4.74 Å². The highest BCUT2D eigenvalue weighted by Crippen LogP contribution is 2.29. The Kier molecular flexibility index (Phi) is 4.41. The number of nitrogens with zero attached hydrogens (tertiary/aromatic N) is 3. The first-order chi connectivity index (χ1) is 9.93. The number of imidazole rings is 1. The van der Waals surface area contributed by atoms with Crippen molar-refractivity contribution in [2.24, 2.45) is 5.92 Å². The fourth-order valence-corrected chi connectivity index (χ4v) is 2.75. The second kappa shape index (κ2) is 6.08. The smallest absolute Gasteiger partial charge is 0.372 e. The summed E-state index contributed by atoms with van der Waals surface area (Å²) in [6, 6.07) is -0.668. The molecule has 0 aromatic carbocycles. The van der Waals surface area contributed by atoms with E-state index in [0.717, 1.165) is 0 Å². The van der Waals surface area contributed by atoms with Gasteiger partial charge in [0.05, 0.1) is 7.11 Å². The van der Waals surface area contributed by atoms with Crippen LogP contribution in [-0.4, -0.2) is 33.4 Å². The minimum absolute atomic E-state index is 0.0860. The summed E-state index contributed by atoms with van der Waals surface area (Å²) in [6.07, 6.45) is 2.07. The number of carbonyl (C=O) groups excluding carboxylic acids is 1. The molecule has 0 amide bonds. The van der Waals surface area contributed by atoms with Gasteiger partial charge in [-0.15, -0.1) is 0 Å². The molecule has 2 aromatic heterocycles. The van der Waals surface area contributed by atoms with Crippen LogP contribution < -0.4 is 5.32 Å². The van der Waals surface area contributed by atoms with Crippen LogP contribution >= 0.6 is 11.3 Å². The molecular formula is C12H16N4O4S. The molecule has 0 saturated carbocycles. The largest absolute Gasteiger partial charge is 0.467 e. The molecule has 1 atom stereocenters. The van der Waals surface area contributed by atoms with E-state index in [1.807, 2.05) is 13.8 Å². The first-order valence-corrected chi connectivity index (χ1v) is 7.26. The zero-order valence-corrected chi connectivity index (χ0v) is 12.7. The second-order valence-electron chi connectivity index (χ2n) is 4.95. The lowest BCUT2D eigenvalue weighted by Crippen LogP contribution is -2.32. The normalized spacial score (nSPS) is 12.6. The molecule has 0 bridgehead atoms. The Hall–Kier alpha value is -2.16. The van der Waals surface area contributed by atoms with Crippen LogP contribution in [0.4, 0.5) is 11.6 Å². The predicted octanol–water partition coefficient (Wildman–Crippen LogP) is 2.30. The third kappa shape index (κ3) is 3.13. The lowest BCUT2D eigenvalue weighted by molar-refractivity contribution is -0.389. The van der Waals surface area contributed by atoms with Crippen LogP contribution in [-0.2, 0) is 9.53 Å². The summed E-state index contributed by atoms with van der Waals surface area (Å²) in [4.78, 5) is 27.2. The van der Waals surface area contributed by atoms with Crippen molar-refractivity contribution >= 4 is 33.9 Å². The van der Waals surface area contributed by atoms with E-state index >= 15 is 0 Å². The number of esters is 1. The Balaban J connectivity index is 2.35. The molecule has 1 unspecified atom stereocenters. The summed E-state index contributed by atoms with van der Waals surface area (Å²) in [5.41, 5.74) is 0. The van der Waals surface area contributed by atoms with Crippen LogP contribution in [0.2, 0.25) is 0 Å². The van der Waals surface area contributed by atoms with Gasteiger partial charge < -0.3 is 20.2 Å². The van der Waals surface area contributed by atoms with Crippen molar-refractivity contribution in [3.63, 3.8) is 0 Å². The molecule has 0 radical (unpaired) electrons. The molecule has 0 fully saturated rings.